The average molecular weight is 888 g/mol. The van der Waals surface area contributed by atoms with E-state index in [9.17, 15) is 0 Å². The van der Waals surface area contributed by atoms with Gasteiger partial charge in [0.2, 0.25) is 0 Å². The number of nitrogens with zero attached hydrogens (tertiary/aromatic N) is 2. The lowest BCUT2D eigenvalue weighted by molar-refractivity contribution is 0.923. The molecule has 0 spiro atoms. The fraction of sp³-hybridized carbons (Fsp3) is 0.133. The fourth-order valence-electron chi connectivity index (χ4n) is 7.94. The summed E-state index contributed by atoms with van der Waals surface area (Å²) in [6.07, 6.45) is 16.5. The van der Waals surface area contributed by atoms with Crippen LogP contribution in [-0.2, 0) is 6.42 Å². The Morgan fingerprint density at radius 1 is 0.540 bits per heavy atom. The van der Waals surface area contributed by atoms with Gasteiger partial charge in [-0.25, -0.2) is 0 Å². The zero-order valence-corrected chi connectivity index (χ0v) is 38.9. The Kier molecular flexibility index (Phi) is 16.7. The average Bonchev–Trinajstić information content (AvgIpc) is 3.83. The highest BCUT2D eigenvalue weighted by molar-refractivity contribution is 9.10. The van der Waals surface area contributed by atoms with Gasteiger partial charge < -0.3 is 9.13 Å². The van der Waals surface area contributed by atoms with Crippen LogP contribution in [0.4, 0.5) is 0 Å². The molecule has 0 atom stereocenters. The Labute approximate surface area is 383 Å². The van der Waals surface area contributed by atoms with Crippen LogP contribution in [0.1, 0.15) is 55.4 Å². The van der Waals surface area contributed by atoms with Crippen LogP contribution in [0.5, 0.6) is 0 Å². The van der Waals surface area contributed by atoms with Gasteiger partial charge in [-0.3, -0.25) is 0 Å². The van der Waals surface area contributed by atoms with E-state index < -0.39 is 0 Å². The first kappa shape index (κ1) is 45.8. The Balaban J connectivity index is 0.000000150. The van der Waals surface area contributed by atoms with Gasteiger partial charge >= 0.3 is 0 Å². The summed E-state index contributed by atoms with van der Waals surface area (Å²) in [6, 6.07) is 58.6. The third kappa shape index (κ3) is 11.4. The molecule has 10 rings (SSSR count). The lowest BCUT2D eigenvalue weighted by Crippen LogP contribution is -1.94. The summed E-state index contributed by atoms with van der Waals surface area (Å²) in [5, 5.41) is 5.28. The SMILES string of the molecule is C=CC.C=CC=C.CCCc1ccc2c(c1)c1ccccc1n2-c1ccccc1.Cc1cc(Br)cc(-n2c3ccccc3c3ccccc32)c1.Cc1ccc(C2=CCCC=C2)cc1. The van der Waals surface area contributed by atoms with Gasteiger partial charge in [-0.2, -0.15) is 0 Å². The summed E-state index contributed by atoms with van der Waals surface area (Å²) in [4.78, 5) is 0. The van der Waals surface area contributed by atoms with Crippen LogP contribution in [-0.4, -0.2) is 9.13 Å². The number of hydrogen-bond acceptors (Lipinski definition) is 0. The molecule has 0 unspecified atom stereocenters. The highest BCUT2D eigenvalue weighted by Crippen LogP contribution is 2.34. The molecule has 2 aromatic heterocycles. The van der Waals surface area contributed by atoms with Crippen LogP contribution in [0.15, 0.2) is 224 Å². The molecule has 7 aromatic carbocycles. The molecule has 0 saturated heterocycles. The monoisotopic (exact) mass is 886 g/mol. The maximum absolute atomic E-state index is 3.61. The van der Waals surface area contributed by atoms with E-state index in [4.69, 9.17) is 0 Å². The molecule has 1 aliphatic rings. The Bertz CT molecular complexity index is 2910. The predicted molar refractivity (Wildman–Crippen MR) is 282 cm³/mol. The Morgan fingerprint density at radius 2 is 1.06 bits per heavy atom. The minimum Gasteiger partial charge on any atom is -0.309 e. The number of aromatic nitrogens is 2. The largest absolute Gasteiger partial charge is 0.309 e. The fourth-order valence-corrected chi connectivity index (χ4v) is 8.54. The van der Waals surface area contributed by atoms with Gasteiger partial charge in [-0.15, -0.1) is 6.58 Å². The molecule has 0 bridgehead atoms. The molecule has 0 radical (unpaired) electrons. The first-order valence-electron chi connectivity index (χ1n) is 21.9. The van der Waals surface area contributed by atoms with Crippen molar-refractivity contribution in [2.24, 2.45) is 0 Å². The van der Waals surface area contributed by atoms with Crippen LogP contribution in [0.3, 0.4) is 0 Å². The van der Waals surface area contributed by atoms with Crippen molar-refractivity contribution in [2.75, 3.05) is 0 Å². The van der Waals surface area contributed by atoms with Gasteiger partial charge in [0.15, 0.2) is 0 Å². The molecule has 0 amide bonds. The maximum atomic E-state index is 3.61. The van der Waals surface area contributed by atoms with Crippen molar-refractivity contribution in [3.05, 3.63) is 247 Å². The van der Waals surface area contributed by atoms with Crippen LogP contribution in [0.2, 0.25) is 0 Å². The van der Waals surface area contributed by atoms with E-state index >= 15 is 0 Å². The van der Waals surface area contributed by atoms with Crippen LogP contribution < -0.4 is 0 Å². The molecule has 316 valence electrons. The van der Waals surface area contributed by atoms with Gasteiger partial charge in [0, 0.05) is 37.4 Å². The second-order valence-electron chi connectivity index (χ2n) is 15.5. The summed E-state index contributed by atoms with van der Waals surface area (Å²) >= 11 is 3.61. The van der Waals surface area contributed by atoms with Crippen molar-refractivity contribution in [2.45, 2.75) is 53.4 Å². The smallest absolute Gasteiger partial charge is 0.0541 e. The molecule has 0 saturated carbocycles. The molecule has 2 heterocycles. The van der Waals surface area contributed by atoms with Gasteiger partial charge in [0.05, 0.1) is 22.1 Å². The quantitative estimate of drug-likeness (QED) is 0.116. The van der Waals surface area contributed by atoms with E-state index in [1.54, 1.807) is 18.2 Å². The topological polar surface area (TPSA) is 9.86 Å². The number of allylic oxidation sites excluding steroid dienone is 7. The third-order valence-electron chi connectivity index (χ3n) is 10.7. The van der Waals surface area contributed by atoms with Crippen molar-refractivity contribution in [3.63, 3.8) is 0 Å². The third-order valence-corrected chi connectivity index (χ3v) is 11.2. The molecule has 9 aromatic rings. The van der Waals surface area contributed by atoms with E-state index in [0.29, 0.717) is 0 Å². The van der Waals surface area contributed by atoms with Crippen LogP contribution in [0, 0.1) is 13.8 Å². The Morgan fingerprint density at radius 3 is 1.59 bits per heavy atom. The van der Waals surface area contributed by atoms with Crippen molar-refractivity contribution in [1.29, 1.82) is 0 Å². The lowest BCUT2D eigenvalue weighted by atomic mass is 9.99. The minimum atomic E-state index is 1.11. The zero-order valence-electron chi connectivity index (χ0n) is 37.3. The van der Waals surface area contributed by atoms with Crippen LogP contribution in [0.25, 0.3) is 60.6 Å². The van der Waals surface area contributed by atoms with Crippen molar-refractivity contribution in [1.82, 2.24) is 9.13 Å². The molecular weight excluding hydrogens is 829 g/mol. The lowest BCUT2D eigenvalue weighted by Gasteiger charge is -2.09. The normalized spacial score (nSPS) is 11.5. The molecule has 0 fully saturated rings. The number of benzene rings is 7. The number of aryl methyl sites for hydroxylation is 3. The first-order chi connectivity index (χ1) is 30.8. The number of rotatable bonds is 6. The summed E-state index contributed by atoms with van der Waals surface area (Å²) < 4.78 is 5.81. The number of hydrogen-bond donors (Lipinski definition) is 0. The van der Waals surface area contributed by atoms with Gasteiger partial charge in [0.25, 0.3) is 0 Å². The van der Waals surface area contributed by atoms with E-state index in [1.807, 2.05) is 6.92 Å². The van der Waals surface area contributed by atoms with Crippen molar-refractivity contribution < 1.29 is 0 Å². The molecule has 0 N–H and O–H groups in total. The van der Waals surface area contributed by atoms with Crippen molar-refractivity contribution >= 4 is 65.1 Å². The van der Waals surface area contributed by atoms with E-state index in [1.165, 1.54) is 102 Å². The number of fused-ring (bicyclic) bond motifs is 6. The first-order valence-corrected chi connectivity index (χ1v) is 22.7. The van der Waals surface area contributed by atoms with E-state index in [2.05, 4.69) is 248 Å². The highest BCUT2D eigenvalue weighted by Gasteiger charge is 2.13. The highest BCUT2D eigenvalue weighted by atomic mass is 79.9. The van der Waals surface area contributed by atoms with Gasteiger partial charge in [0.1, 0.15) is 0 Å². The predicted octanol–water partition coefficient (Wildman–Crippen LogP) is 17.9. The molecular formula is C60H59BrN2. The maximum Gasteiger partial charge on any atom is 0.0541 e. The second-order valence-corrected chi connectivity index (χ2v) is 16.4. The summed E-state index contributed by atoms with van der Waals surface area (Å²) in [5.41, 5.74) is 14.2. The number of halogens is 1. The summed E-state index contributed by atoms with van der Waals surface area (Å²) in [6.45, 7) is 18.5. The van der Waals surface area contributed by atoms with Gasteiger partial charge in [-0.1, -0.05) is 188 Å². The second kappa shape index (κ2) is 23.0. The van der Waals surface area contributed by atoms with Crippen LogP contribution >= 0.6 is 15.9 Å². The number of para-hydroxylation sites is 4. The minimum absolute atomic E-state index is 1.11. The summed E-state index contributed by atoms with van der Waals surface area (Å²) in [5.74, 6) is 0. The zero-order chi connectivity index (χ0) is 44.6. The van der Waals surface area contributed by atoms with Gasteiger partial charge in [-0.05, 0) is 123 Å². The molecule has 2 nitrogen and oxygen atoms in total. The van der Waals surface area contributed by atoms with E-state index in [-0.39, 0.29) is 0 Å². The molecule has 63 heavy (non-hydrogen) atoms. The Hall–Kier alpha value is -6.68. The standard InChI is InChI=1S/C21H19N.C19H14BrN.C13H14.C4H6.C3H6/c1-2-8-16-13-14-21-19(15-16)18-11-6-7-12-20(18)22(21)17-9-4-3-5-10-17;1-13-10-14(20)12-15(11-13)21-18-8-4-2-6-16(18)17-7-3-5-9-19(17)21;1-11-7-9-13(10-8-11)12-5-3-2-4-6-12;1-3-4-2;1-3-2/h3-7,9-15H,2,8H2,1H3;2-12H,1H3;3,5-10H,2,4H2,1H3;3-4H,1-2H2;3H,1H2,2H3. The molecule has 0 aliphatic heterocycles. The molecule has 1 aliphatic carbocycles. The molecule has 3 heteroatoms. The summed E-state index contributed by atoms with van der Waals surface area (Å²) in [7, 11) is 0. The van der Waals surface area contributed by atoms with Crippen molar-refractivity contribution in [3.8, 4) is 11.4 Å². The van der Waals surface area contributed by atoms with E-state index in [0.717, 1.165) is 10.9 Å².